The summed E-state index contributed by atoms with van der Waals surface area (Å²) in [6, 6.07) is 0. The predicted octanol–water partition coefficient (Wildman–Crippen LogP) is 3.60. The van der Waals surface area contributed by atoms with Gasteiger partial charge in [0.15, 0.2) is 6.29 Å². The van der Waals surface area contributed by atoms with Crippen LogP contribution in [0, 0.1) is 0 Å². The lowest BCUT2D eigenvalue weighted by atomic mass is 10.1. The monoisotopic (exact) mass is 284 g/mol. The van der Waals surface area contributed by atoms with Crippen molar-refractivity contribution in [3.8, 4) is 0 Å². The maximum Gasteiger partial charge on any atom is 0.330 e. The summed E-state index contributed by atoms with van der Waals surface area (Å²) in [6.45, 7) is 3.89. The molecule has 1 aliphatic heterocycles. The normalized spacial score (nSPS) is 19.4. The molecule has 0 amide bonds. The zero-order valence-electron chi connectivity index (χ0n) is 12.6. The van der Waals surface area contributed by atoms with Crippen LogP contribution in [0.3, 0.4) is 0 Å². The van der Waals surface area contributed by atoms with Crippen LogP contribution in [-0.4, -0.2) is 32.1 Å². The van der Waals surface area contributed by atoms with Crippen LogP contribution in [0.1, 0.15) is 58.3 Å². The Morgan fingerprint density at radius 2 is 2.10 bits per heavy atom. The Labute approximate surface area is 122 Å². The average Bonchev–Trinajstić information content (AvgIpc) is 2.47. The molecule has 0 aromatic carbocycles. The lowest BCUT2D eigenvalue weighted by molar-refractivity contribution is -0.162. The first kappa shape index (κ1) is 17.2. The fourth-order valence-electron chi connectivity index (χ4n) is 2.15. The van der Waals surface area contributed by atoms with Crippen molar-refractivity contribution in [2.24, 2.45) is 0 Å². The minimum atomic E-state index is -0.242. The van der Waals surface area contributed by atoms with E-state index in [-0.39, 0.29) is 12.3 Å². The van der Waals surface area contributed by atoms with E-state index in [9.17, 15) is 4.79 Å². The van der Waals surface area contributed by atoms with Gasteiger partial charge in [0.2, 0.25) is 0 Å². The van der Waals surface area contributed by atoms with Crippen LogP contribution < -0.4 is 0 Å². The first-order valence-electron chi connectivity index (χ1n) is 7.89. The quantitative estimate of drug-likeness (QED) is 0.349. The Balaban J connectivity index is 1.83. The van der Waals surface area contributed by atoms with E-state index in [0.717, 1.165) is 38.9 Å². The first-order valence-corrected chi connectivity index (χ1v) is 7.89. The van der Waals surface area contributed by atoms with E-state index in [4.69, 9.17) is 14.2 Å². The number of allylic oxidation sites excluding steroid dienone is 1. The summed E-state index contributed by atoms with van der Waals surface area (Å²) in [5.41, 5.74) is 0. The molecule has 1 heterocycles. The number of hydrogen-bond acceptors (Lipinski definition) is 4. The fourth-order valence-corrected chi connectivity index (χ4v) is 2.15. The fraction of sp³-hybridized carbons (Fsp3) is 0.812. The third-order valence-corrected chi connectivity index (χ3v) is 3.25. The van der Waals surface area contributed by atoms with Gasteiger partial charge in [-0.25, -0.2) is 4.79 Å². The highest BCUT2D eigenvalue weighted by molar-refractivity contribution is 5.81. The molecule has 0 bridgehead atoms. The molecule has 4 nitrogen and oxygen atoms in total. The molecule has 0 aromatic heterocycles. The van der Waals surface area contributed by atoms with Crippen LogP contribution in [0.15, 0.2) is 12.2 Å². The Kier molecular flexibility index (Phi) is 10.2. The van der Waals surface area contributed by atoms with Crippen molar-refractivity contribution in [3.05, 3.63) is 12.2 Å². The molecule has 1 aliphatic rings. The smallest absolute Gasteiger partial charge is 0.330 e. The summed E-state index contributed by atoms with van der Waals surface area (Å²) in [5.74, 6) is -0.242. The maximum absolute atomic E-state index is 11.0. The zero-order valence-corrected chi connectivity index (χ0v) is 12.6. The maximum atomic E-state index is 11.0. The molecule has 1 unspecified atom stereocenters. The summed E-state index contributed by atoms with van der Waals surface area (Å²) in [4.78, 5) is 11.0. The van der Waals surface area contributed by atoms with Crippen LogP contribution in [-0.2, 0) is 19.0 Å². The van der Waals surface area contributed by atoms with E-state index in [1.54, 1.807) is 0 Å². The summed E-state index contributed by atoms with van der Waals surface area (Å²) < 4.78 is 16.0. The Morgan fingerprint density at radius 1 is 1.25 bits per heavy atom. The second-order valence-electron chi connectivity index (χ2n) is 5.02. The SMILES string of the molecule is CCOC(=O)C=CCCCCCCOC1CCCCO1. The number of hydrogen-bond donors (Lipinski definition) is 0. The van der Waals surface area contributed by atoms with Crippen LogP contribution in [0.5, 0.6) is 0 Å². The van der Waals surface area contributed by atoms with Crippen molar-refractivity contribution in [1.29, 1.82) is 0 Å². The molecule has 0 spiro atoms. The molecule has 0 saturated carbocycles. The number of carbonyl (C=O) groups excluding carboxylic acids is 1. The van der Waals surface area contributed by atoms with Crippen molar-refractivity contribution < 1.29 is 19.0 Å². The van der Waals surface area contributed by atoms with Crippen LogP contribution >= 0.6 is 0 Å². The van der Waals surface area contributed by atoms with E-state index in [1.165, 1.54) is 31.8 Å². The third-order valence-electron chi connectivity index (χ3n) is 3.25. The van der Waals surface area contributed by atoms with Gasteiger partial charge in [0.05, 0.1) is 6.61 Å². The molecule has 1 saturated heterocycles. The molecule has 0 N–H and O–H groups in total. The number of esters is 1. The van der Waals surface area contributed by atoms with E-state index in [2.05, 4.69) is 0 Å². The topological polar surface area (TPSA) is 44.8 Å². The lowest BCUT2D eigenvalue weighted by Gasteiger charge is -2.22. The first-order chi connectivity index (χ1) is 9.83. The van der Waals surface area contributed by atoms with Crippen molar-refractivity contribution >= 4 is 5.97 Å². The molecule has 1 atom stereocenters. The average molecular weight is 284 g/mol. The van der Waals surface area contributed by atoms with Crippen LogP contribution in [0.2, 0.25) is 0 Å². The second-order valence-corrected chi connectivity index (χ2v) is 5.02. The van der Waals surface area contributed by atoms with Gasteiger partial charge in [-0.1, -0.05) is 18.9 Å². The largest absolute Gasteiger partial charge is 0.463 e. The Bertz CT molecular complexity index is 270. The van der Waals surface area contributed by atoms with Crippen molar-refractivity contribution in [2.75, 3.05) is 19.8 Å². The zero-order chi connectivity index (χ0) is 14.5. The highest BCUT2D eigenvalue weighted by Crippen LogP contribution is 2.14. The van der Waals surface area contributed by atoms with Gasteiger partial charge in [0, 0.05) is 19.3 Å². The molecule has 1 fully saturated rings. The molecule has 20 heavy (non-hydrogen) atoms. The van der Waals surface area contributed by atoms with Gasteiger partial charge >= 0.3 is 5.97 Å². The van der Waals surface area contributed by atoms with E-state index in [0.29, 0.717) is 6.61 Å². The standard InChI is InChI=1S/C16H28O4/c1-2-18-15(17)11-7-5-3-4-6-9-13-19-16-12-8-10-14-20-16/h7,11,16H,2-6,8-10,12-14H2,1H3. The van der Waals surface area contributed by atoms with E-state index < -0.39 is 0 Å². The number of ether oxygens (including phenoxy) is 3. The Hall–Kier alpha value is -0.870. The van der Waals surface area contributed by atoms with Crippen molar-refractivity contribution in [3.63, 3.8) is 0 Å². The highest BCUT2D eigenvalue weighted by atomic mass is 16.7. The number of carbonyl (C=O) groups is 1. The molecular weight excluding hydrogens is 256 g/mol. The summed E-state index contributed by atoms with van der Waals surface area (Å²) in [5, 5.41) is 0. The summed E-state index contributed by atoms with van der Waals surface area (Å²) >= 11 is 0. The molecule has 0 radical (unpaired) electrons. The minimum absolute atomic E-state index is 0.0382. The number of unbranched alkanes of at least 4 members (excludes halogenated alkanes) is 4. The predicted molar refractivity (Wildman–Crippen MR) is 78.4 cm³/mol. The van der Waals surface area contributed by atoms with Gasteiger partial charge in [-0.15, -0.1) is 0 Å². The van der Waals surface area contributed by atoms with Gasteiger partial charge in [-0.05, 0) is 45.4 Å². The van der Waals surface area contributed by atoms with Gasteiger partial charge < -0.3 is 14.2 Å². The Morgan fingerprint density at radius 3 is 2.85 bits per heavy atom. The van der Waals surface area contributed by atoms with Crippen molar-refractivity contribution in [2.45, 2.75) is 64.6 Å². The third kappa shape index (κ3) is 9.10. The van der Waals surface area contributed by atoms with Gasteiger partial charge in [-0.3, -0.25) is 0 Å². The van der Waals surface area contributed by atoms with Crippen LogP contribution in [0.25, 0.3) is 0 Å². The van der Waals surface area contributed by atoms with E-state index in [1.807, 2.05) is 13.0 Å². The molecule has 0 aromatic rings. The van der Waals surface area contributed by atoms with Gasteiger partial charge in [-0.2, -0.15) is 0 Å². The lowest BCUT2D eigenvalue weighted by Crippen LogP contribution is -2.22. The second kappa shape index (κ2) is 11.9. The molecule has 116 valence electrons. The molecular formula is C16H28O4. The number of rotatable bonds is 10. The minimum Gasteiger partial charge on any atom is -0.463 e. The van der Waals surface area contributed by atoms with Gasteiger partial charge in [0.25, 0.3) is 0 Å². The van der Waals surface area contributed by atoms with E-state index >= 15 is 0 Å². The summed E-state index contributed by atoms with van der Waals surface area (Å²) in [6.07, 6.45) is 12.3. The molecule has 4 heteroatoms. The molecule has 1 rings (SSSR count). The summed E-state index contributed by atoms with van der Waals surface area (Å²) in [7, 11) is 0. The highest BCUT2D eigenvalue weighted by Gasteiger charge is 2.13. The van der Waals surface area contributed by atoms with Gasteiger partial charge in [0.1, 0.15) is 0 Å². The van der Waals surface area contributed by atoms with Crippen LogP contribution in [0.4, 0.5) is 0 Å². The van der Waals surface area contributed by atoms with Crippen molar-refractivity contribution in [1.82, 2.24) is 0 Å². The molecule has 0 aliphatic carbocycles.